The molecule has 1 aliphatic heterocycles. The van der Waals surface area contributed by atoms with E-state index in [1.54, 1.807) is 16.8 Å². The fourth-order valence-corrected chi connectivity index (χ4v) is 3.62. The zero-order valence-corrected chi connectivity index (χ0v) is 15.9. The van der Waals surface area contributed by atoms with Crippen LogP contribution >= 0.6 is 0 Å². The summed E-state index contributed by atoms with van der Waals surface area (Å²) in [7, 11) is 6.03. The van der Waals surface area contributed by atoms with E-state index in [1.807, 2.05) is 38.3 Å². The molecule has 0 saturated carbocycles. The Bertz CT molecular complexity index is 926. The van der Waals surface area contributed by atoms with Crippen LogP contribution in [0.2, 0.25) is 0 Å². The van der Waals surface area contributed by atoms with Gasteiger partial charge in [0.05, 0.1) is 6.54 Å². The van der Waals surface area contributed by atoms with Crippen LogP contribution in [0.15, 0.2) is 24.7 Å². The second-order valence-electron chi connectivity index (χ2n) is 7.31. The van der Waals surface area contributed by atoms with Gasteiger partial charge in [0.15, 0.2) is 0 Å². The van der Waals surface area contributed by atoms with Gasteiger partial charge in [0, 0.05) is 44.6 Å². The summed E-state index contributed by atoms with van der Waals surface area (Å²) in [5, 5.41) is 8.74. The van der Waals surface area contributed by atoms with E-state index in [1.165, 1.54) is 0 Å². The molecule has 0 N–H and O–H groups in total. The quantitative estimate of drug-likeness (QED) is 0.681. The fourth-order valence-electron chi connectivity index (χ4n) is 3.62. The minimum absolute atomic E-state index is 0.0547. The molecule has 0 aromatic carbocycles. The molecule has 4 rings (SSSR count). The smallest absolute Gasteiger partial charge is 0.274 e. The molecule has 1 amide bonds. The highest BCUT2D eigenvalue weighted by Crippen LogP contribution is 2.26. The van der Waals surface area contributed by atoms with Gasteiger partial charge in [-0.3, -0.25) is 9.20 Å². The highest BCUT2D eigenvalue weighted by Gasteiger charge is 2.30. The van der Waals surface area contributed by atoms with Crippen molar-refractivity contribution in [3.05, 3.63) is 42.0 Å². The standard InChI is InChI=1S/C18H24N8O/c1-23(2)12-15-21-22-16(24(15)3)13-6-4-8-25(10-13)17(27)14-11-26-9-5-7-19-18(26)20-14/h5,7,9,11,13H,4,6,8,10,12H2,1-3H3. The van der Waals surface area contributed by atoms with Crippen LogP contribution in [0, 0.1) is 0 Å². The molecule has 1 atom stereocenters. The molecule has 1 aliphatic rings. The van der Waals surface area contributed by atoms with E-state index >= 15 is 0 Å². The first kappa shape index (κ1) is 17.6. The molecule has 0 bridgehead atoms. The molecule has 27 heavy (non-hydrogen) atoms. The Kier molecular flexibility index (Phi) is 4.61. The number of piperidine rings is 1. The van der Waals surface area contributed by atoms with Crippen molar-refractivity contribution in [2.24, 2.45) is 7.05 Å². The van der Waals surface area contributed by atoms with Gasteiger partial charge in [0.1, 0.15) is 17.3 Å². The maximum absolute atomic E-state index is 13.0. The molecule has 3 aromatic heterocycles. The number of aromatic nitrogens is 6. The minimum atomic E-state index is -0.0547. The van der Waals surface area contributed by atoms with Crippen LogP contribution in [0.4, 0.5) is 0 Å². The Morgan fingerprint density at radius 1 is 1.33 bits per heavy atom. The topological polar surface area (TPSA) is 84.5 Å². The van der Waals surface area contributed by atoms with Gasteiger partial charge in [0.25, 0.3) is 5.91 Å². The first-order chi connectivity index (χ1) is 13.0. The number of nitrogens with zero attached hydrogens (tertiary/aromatic N) is 8. The first-order valence-electron chi connectivity index (χ1n) is 9.15. The monoisotopic (exact) mass is 368 g/mol. The Balaban J connectivity index is 1.52. The van der Waals surface area contributed by atoms with Crippen molar-refractivity contribution in [1.29, 1.82) is 0 Å². The lowest BCUT2D eigenvalue weighted by Crippen LogP contribution is -2.40. The van der Waals surface area contributed by atoms with E-state index in [2.05, 4.69) is 29.6 Å². The van der Waals surface area contributed by atoms with Crippen LogP contribution in [-0.2, 0) is 13.6 Å². The highest BCUT2D eigenvalue weighted by molar-refractivity contribution is 5.92. The molecule has 1 unspecified atom stereocenters. The van der Waals surface area contributed by atoms with Gasteiger partial charge in [-0.05, 0) is 33.0 Å². The number of fused-ring (bicyclic) bond motifs is 1. The number of amides is 1. The first-order valence-corrected chi connectivity index (χ1v) is 9.15. The Morgan fingerprint density at radius 2 is 2.19 bits per heavy atom. The Labute approximate surface area is 157 Å². The average Bonchev–Trinajstić information content (AvgIpc) is 3.25. The fraction of sp³-hybridized carbons (Fsp3) is 0.500. The van der Waals surface area contributed by atoms with Crippen LogP contribution in [-0.4, -0.2) is 72.0 Å². The van der Waals surface area contributed by atoms with E-state index in [-0.39, 0.29) is 11.8 Å². The number of hydrogen-bond donors (Lipinski definition) is 0. The molecular weight excluding hydrogens is 344 g/mol. The molecule has 142 valence electrons. The van der Waals surface area contributed by atoms with Crippen molar-refractivity contribution in [3.8, 4) is 0 Å². The number of imidazole rings is 1. The van der Waals surface area contributed by atoms with Crippen LogP contribution in [0.1, 0.15) is 40.9 Å². The van der Waals surface area contributed by atoms with Gasteiger partial charge >= 0.3 is 0 Å². The molecule has 4 heterocycles. The van der Waals surface area contributed by atoms with E-state index in [4.69, 9.17) is 0 Å². The summed E-state index contributed by atoms with van der Waals surface area (Å²) in [4.78, 5) is 25.4. The number of carbonyl (C=O) groups is 1. The van der Waals surface area contributed by atoms with Crippen molar-refractivity contribution >= 4 is 11.7 Å². The van der Waals surface area contributed by atoms with Crippen molar-refractivity contribution < 1.29 is 4.79 Å². The molecule has 1 saturated heterocycles. The van der Waals surface area contributed by atoms with Crippen LogP contribution < -0.4 is 0 Å². The maximum atomic E-state index is 13.0. The molecule has 9 heteroatoms. The lowest BCUT2D eigenvalue weighted by Gasteiger charge is -2.31. The summed E-state index contributed by atoms with van der Waals surface area (Å²) >= 11 is 0. The average molecular weight is 368 g/mol. The second-order valence-corrected chi connectivity index (χ2v) is 7.31. The highest BCUT2D eigenvalue weighted by atomic mass is 16.2. The third-order valence-corrected chi connectivity index (χ3v) is 4.98. The lowest BCUT2D eigenvalue weighted by atomic mass is 9.97. The van der Waals surface area contributed by atoms with E-state index < -0.39 is 0 Å². The van der Waals surface area contributed by atoms with Crippen LogP contribution in [0.5, 0.6) is 0 Å². The maximum Gasteiger partial charge on any atom is 0.274 e. The summed E-state index contributed by atoms with van der Waals surface area (Å²) in [5.41, 5.74) is 0.431. The molecule has 0 spiro atoms. The number of carbonyl (C=O) groups excluding carboxylic acids is 1. The van der Waals surface area contributed by atoms with Crippen molar-refractivity contribution in [2.45, 2.75) is 25.3 Å². The van der Waals surface area contributed by atoms with Crippen molar-refractivity contribution in [1.82, 2.24) is 38.9 Å². The molecule has 1 fully saturated rings. The van der Waals surface area contributed by atoms with Gasteiger partial charge < -0.3 is 14.4 Å². The van der Waals surface area contributed by atoms with E-state index in [9.17, 15) is 4.79 Å². The summed E-state index contributed by atoms with van der Waals surface area (Å²) in [6.45, 7) is 2.11. The Hall–Kier alpha value is -2.81. The molecular formula is C18H24N8O. The zero-order valence-electron chi connectivity index (χ0n) is 15.9. The number of likely N-dealkylation sites (tertiary alicyclic amines) is 1. The van der Waals surface area contributed by atoms with Crippen LogP contribution in [0.25, 0.3) is 5.78 Å². The van der Waals surface area contributed by atoms with E-state index in [0.717, 1.165) is 37.6 Å². The molecule has 3 aromatic rings. The van der Waals surface area contributed by atoms with Gasteiger partial charge in [-0.15, -0.1) is 10.2 Å². The van der Waals surface area contributed by atoms with Gasteiger partial charge in [-0.25, -0.2) is 9.97 Å². The second kappa shape index (κ2) is 7.07. The minimum Gasteiger partial charge on any atom is -0.337 e. The Morgan fingerprint density at radius 3 is 2.96 bits per heavy atom. The van der Waals surface area contributed by atoms with Gasteiger partial charge in [-0.1, -0.05) is 0 Å². The predicted molar refractivity (Wildman–Crippen MR) is 99.3 cm³/mol. The normalized spacial score (nSPS) is 17.8. The number of hydrogen-bond acceptors (Lipinski definition) is 6. The summed E-state index contributed by atoms with van der Waals surface area (Å²) in [5.74, 6) is 2.55. The molecule has 9 nitrogen and oxygen atoms in total. The third kappa shape index (κ3) is 3.42. The predicted octanol–water partition coefficient (Wildman–Crippen LogP) is 0.939. The largest absolute Gasteiger partial charge is 0.337 e. The third-order valence-electron chi connectivity index (χ3n) is 4.98. The lowest BCUT2D eigenvalue weighted by molar-refractivity contribution is 0.0698. The number of rotatable bonds is 4. The zero-order chi connectivity index (χ0) is 19.0. The molecule has 0 aliphatic carbocycles. The summed E-state index contributed by atoms with van der Waals surface area (Å²) < 4.78 is 3.83. The summed E-state index contributed by atoms with van der Waals surface area (Å²) in [6, 6.07) is 1.82. The van der Waals surface area contributed by atoms with Crippen LogP contribution in [0.3, 0.4) is 0 Å². The van der Waals surface area contributed by atoms with Crippen molar-refractivity contribution in [3.63, 3.8) is 0 Å². The molecule has 0 radical (unpaired) electrons. The van der Waals surface area contributed by atoms with E-state index in [0.29, 0.717) is 18.0 Å². The van der Waals surface area contributed by atoms with Gasteiger partial charge in [0.2, 0.25) is 5.78 Å². The van der Waals surface area contributed by atoms with Gasteiger partial charge in [-0.2, -0.15) is 0 Å². The SMILES string of the molecule is CN(C)Cc1nnc(C2CCCN(C(=O)c3cn4cccnc4n3)C2)n1C. The van der Waals surface area contributed by atoms with Crippen molar-refractivity contribution in [2.75, 3.05) is 27.2 Å². The summed E-state index contributed by atoms with van der Waals surface area (Å²) in [6.07, 6.45) is 7.21.